The molecule has 4 heteroatoms. The van der Waals surface area contributed by atoms with E-state index in [2.05, 4.69) is 11.2 Å². The van der Waals surface area contributed by atoms with Crippen LogP contribution in [0.15, 0.2) is 18.2 Å². The van der Waals surface area contributed by atoms with Crippen LogP contribution in [0, 0.1) is 12.3 Å². The molecule has 0 fully saturated rings. The number of amides is 1. The van der Waals surface area contributed by atoms with Crippen molar-refractivity contribution < 1.29 is 15.0 Å². The molecule has 3 N–H and O–H groups in total. The van der Waals surface area contributed by atoms with E-state index >= 15 is 0 Å². The van der Waals surface area contributed by atoms with E-state index < -0.39 is 5.91 Å². The molecular formula is C12H13NO3. The van der Waals surface area contributed by atoms with Gasteiger partial charge in [-0.1, -0.05) is 12.8 Å². The van der Waals surface area contributed by atoms with Gasteiger partial charge in [0.05, 0.1) is 11.6 Å². The van der Waals surface area contributed by atoms with Crippen LogP contribution in [0.4, 0.5) is 0 Å². The van der Waals surface area contributed by atoms with Crippen LogP contribution < -0.4 is 5.32 Å². The summed E-state index contributed by atoms with van der Waals surface area (Å²) < 4.78 is 0. The summed E-state index contributed by atoms with van der Waals surface area (Å²) in [5, 5.41) is 21.1. The van der Waals surface area contributed by atoms with Gasteiger partial charge in [-0.15, -0.1) is 6.42 Å². The smallest absolute Gasteiger partial charge is 0.256 e. The van der Waals surface area contributed by atoms with Crippen molar-refractivity contribution in [3.8, 4) is 23.8 Å². The molecule has 84 valence electrons. The van der Waals surface area contributed by atoms with Crippen LogP contribution in [0.5, 0.6) is 11.5 Å². The molecule has 1 unspecified atom stereocenters. The van der Waals surface area contributed by atoms with E-state index in [1.165, 1.54) is 12.1 Å². The van der Waals surface area contributed by atoms with Crippen LogP contribution >= 0.6 is 0 Å². The predicted octanol–water partition coefficient (Wildman–Crippen LogP) is 1.24. The molecule has 1 aromatic carbocycles. The van der Waals surface area contributed by atoms with E-state index in [1.807, 2.05) is 6.92 Å². The van der Waals surface area contributed by atoms with Gasteiger partial charge in [0, 0.05) is 6.07 Å². The fourth-order valence-corrected chi connectivity index (χ4v) is 1.21. The summed E-state index contributed by atoms with van der Waals surface area (Å²) in [6.07, 6.45) is 5.82. The van der Waals surface area contributed by atoms with Crippen molar-refractivity contribution in [2.45, 2.75) is 19.4 Å². The van der Waals surface area contributed by atoms with Gasteiger partial charge in [0.15, 0.2) is 0 Å². The van der Waals surface area contributed by atoms with Gasteiger partial charge in [0.1, 0.15) is 11.5 Å². The molecule has 0 aromatic heterocycles. The van der Waals surface area contributed by atoms with Gasteiger partial charge in [-0.2, -0.15) is 0 Å². The number of phenolic OH excluding ortho intramolecular Hbond substituents is 2. The number of nitrogens with one attached hydrogen (secondary N) is 1. The first-order valence-corrected chi connectivity index (χ1v) is 4.87. The van der Waals surface area contributed by atoms with Crippen molar-refractivity contribution >= 4 is 5.91 Å². The number of hydrogen-bond acceptors (Lipinski definition) is 3. The fraction of sp³-hybridized carbons (Fsp3) is 0.250. The zero-order chi connectivity index (χ0) is 12.1. The van der Waals surface area contributed by atoms with E-state index in [1.54, 1.807) is 0 Å². The number of aromatic hydroxyl groups is 2. The first kappa shape index (κ1) is 11.9. The second kappa shape index (κ2) is 5.08. The molecule has 1 aromatic rings. The highest BCUT2D eigenvalue weighted by Crippen LogP contribution is 2.22. The average Bonchev–Trinajstić information content (AvgIpc) is 2.25. The van der Waals surface area contributed by atoms with E-state index in [9.17, 15) is 9.90 Å². The molecular weight excluding hydrogens is 206 g/mol. The Bertz CT molecular complexity index is 434. The maximum absolute atomic E-state index is 11.7. The van der Waals surface area contributed by atoms with Crippen LogP contribution in [0.2, 0.25) is 0 Å². The summed E-state index contributed by atoms with van der Waals surface area (Å²) in [4.78, 5) is 11.7. The van der Waals surface area contributed by atoms with Gasteiger partial charge in [-0.05, 0) is 18.6 Å². The topological polar surface area (TPSA) is 69.6 Å². The molecule has 1 atom stereocenters. The highest BCUT2D eigenvalue weighted by atomic mass is 16.3. The van der Waals surface area contributed by atoms with Crippen LogP contribution in [0.3, 0.4) is 0 Å². The first-order valence-electron chi connectivity index (χ1n) is 4.87. The van der Waals surface area contributed by atoms with Gasteiger partial charge < -0.3 is 15.5 Å². The molecule has 0 aliphatic carbocycles. The predicted molar refractivity (Wildman–Crippen MR) is 60.1 cm³/mol. The molecule has 4 nitrogen and oxygen atoms in total. The largest absolute Gasteiger partial charge is 0.508 e. The molecule has 0 aliphatic heterocycles. The van der Waals surface area contributed by atoms with Crippen LogP contribution in [0.1, 0.15) is 23.7 Å². The van der Waals surface area contributed by atoms with Crippen molar-refractivity contribution in [3.63, 3.8) is 0 Å². The van der Waals surface area contributed by atoms with E-state index in [4.69, 9.17) is 11.5 Å². The molecule has 0 saturated carbocycles. The van der Waals surface area contributed by atoms with Crippen LogP contribution in [-0.2, 0) is 0 Å². The summed E-state index contributed by atoms with van der Waals surface area (Å²) in [7, 11) is 0. The molecule has 0 radical (unpaired) electrons. The number of carbonyl (C=O) groups is 1. The minimum atomic E-state index is -0.456. The maximum Gasteiger partial charge on any atom is 0.256 e. The maximum atomic E-state index is 11.7. The quantitative estimate of drug-likeness (QED) is 0.670. The molecule has 0 spiro atoms. The Labute approximate surface area is 93.9 Å². The third-order valence-electron chi connectivity index (χ3n) is 2.14. The van der Waals surface area contributed by atoms with Gasteiger partial charge in [0.2, 0.25) is 0 Å². The Hall–Kier alpha value is -2.15. The second-order valence-corrected chi connectivity index (χ2v) is 3.30. The molecule has 16 heavy (non-hydrogen) atoms. The van der Waals surface area contributed by atoms with Gasteiger partial charge in [0.25, 0.3) is 5.91 Å². The minimum Gasteiger partial charge on any atom is -0.508 e. The lowest BCUT2D eigenvalue weighted by Crippen LogP contribution is -2.33. The fourth-order valence-electron chi connectivity index (χ4n) is 1.21. The summed E-state index contributed by atoms with van der Waals surface area (Å²) in [5.74, 6) is 1.59. The number of terminal acetylenes is 1. The van der Waals surface area contributed by atoms with Gasteiger partial charge >= 0.3 is 0 Å². The number of hydrogen-bond donors (Lipinski definition) is 3. The summed E-state index contributed by atoms with van der Waals surface area (Å²) in [6, 6.07) is 3.40. The first-order chi connectivity index (χ1) is 7.58. The number of carbonyl (C=O) groups excluding carboxylic acids is 1. The summed E-state index contributed by atoms with van der Waals surface area (Å²) in [6.45, 7) is 1.85. The Balaban J connectivity index is 2.85. The average molecular weight is 219 g/mol. The molecule has 1 rings (SSSR count). The van der Waals surface area contributed by atoms with Crippen molar-refractivity contribution in [1.82, 2.24) is 5.32 Å². The SMILES string of the molecule is C#CC(CC)NC(=O)c1ccc(O)cc1O. The van der Waals surface area contributed by atoms with Gasteiger partial charge in [-0.3, -0.25) is 4.79 Å². The van der Waals surface area contributed by atoms with Crippen molar-refractivity contribution in [2.75, 3.05) is 0 Å². The monoisotopic (exact) mass is 219 g/mol. The Morgan fingerprint density at radius 2 is 2.25 bits per heavy atom. The number of rotatable bonds is 3. The van der Waals surface area contributed by atoms with Crippen molar-refractivity contribution in [3.05, 3.63) is 23.8 Å². The molecule has 0 bridgehead atoms. The number of phenols is 2. The molecule has 0 saturated heterocycles. The number of benzene rings is 1. The lowest BCUT2D eigenvalue weighted by Gasteiger charge is -2.11. The van der Waals surface area contributed by atoms with E-state index in [-0.39, 0.29) is 23.1 Å². The Morgan fingerprint density at radius 3 is 2.75 bits per heavy atom. The lowest BCUT2D eigenvalue weighted by atomic mass is 10.1. The third-order valence-corrected chi connectivity index (χ3v) is 2.14. The highest BCUT2D eigenvalue weighted by Gasteiger charge is 2.13. The standard InChI is InChI=1S/C12H13NO3/c1-3-8(4-2)13-12(16)10-6-5-9(14)7-11(10)15/h1,5-8,14-15H,4H2,2H3,(H,13,16). The third kappa shape index (κ3) is 2.67. The van der Waals surface area contributed by atoms with Crippen molar-refractivity contribution in [2.24, 2.45) is 0 Å². The van der Waals surface area contributed by atoms with Crippen molar-refractivity contribution in [1.29, 1.82) is 0 Å². The summed E-state index contributed by atoms with van der Waals surface area (Å²) in [5.41, 5.74) is 0.0894. The lowest BCUT2D eigenvalue weighted by molar-refractivity contribution is 0.0942. The molecule has 1 amide bonds. The zero-order valence-electron chi connectivity index (χ0n) is 8.90. The van der Waals surface area contributed by atoms with Gasteiger partial charge in [-0.25, -0.2) is 0 Å². The highest BCUT2D eigenvalue weighted by molar-refractivity contribution is 5.97. The Morgan fingerprint density at radius 1 is 1.56 bits per heavy atom. The van der Waals surface area contributed by atoms with E-state index in [0.717, 1.165) is 6.07 Å². The second-order valence-electron chi connectivity index (χ2n) is 3.30. The normalized spacial score (nSPS) is 11.5. The minimum absolute atomic E-state index is 0.0894. The summed E-state index contributed by atoms with van der Waals surface area (Å²) >= 11 is 0. The van der Waals surface area contributed by atoms with Crippen LogP contribution in [-0.4, -0.2) is 22.2 Å². The zero-order valence-corrected chi connectivity index (χ0v) is 8.90. The Kier molecular flexibility index (Phi) is 3.78. The molecule has 0 aliphatic rings. The molecule has 0 heterocycles. The van der Waals surface area contributed by atoms with E-state index in [0.29, 0.717) is 6.42 Å². The van der Waals surface area contributed by atoms with Crippen LogP contribution in [0.25, 0.3) is 0 Å².